The second-order valence-electron chi connectivity index (χ2n) is 18.3. The van der Waals surface area contributed by atoms with Gasteiger partial charge in [-0.2, -0.15) is 0 Å². The van der Waals surface area contributed by atoms with E-state index in [1.54, 1.807) is 24.3 Å². The lowest BCUT2D eigenvalue weighted by Crippen LogP contribution is -2.29. The van der Waals surface area contributed by atoms with E-state index in [4.69, 9.17) is 23.0 Å². The number of oxazole rings is 2. The zero-order valence-corrected chi connectivity index (χ0v) is 43.0. The Hall–Kier alpha value is -8.32. The Morgan fingerprint density at radius 2 is 0.987 bits per heavy atom. The summed E-state index contributed by atoms with van der Waals surface area (Å²) in [7, 11) is 0. The molecule has 9 rings (SSSR count). The molecule has 0 spiro atoms. The monoisotopic (exact) mass is 1010 g/mol. The summed E-state index contributed by atoms with van der Waals surface area (Å²) in [6.45, 7) is 12.7. The smallest absolute Gasteiger partial charge is 0.317 e. The van der Waals surface area contributed by atoms with Gasteiger partial charge in [-0.25, -0.2) is 14.4 Å². The maximum Gasteiger partial charge on any atom is 0.317 e. The minimum absolute atomic E-state index is 0.123. The van der Waals surface area contributed by atoms with Crippen molar-refractivity contribution in [1.82, 2.24) is 19.8 Å². The lowest BCUT2D eigenvalue weighted by molar-refractivity contribution is -0.138. The first-order valence-electron chi connectivity index (χ1n) is 25.2. The van der Waals surface area contributed by atoms with Crippen LogP contribution in [0.4, 0.5) is 4.39 Å². The molecule has 384 valence electrons. The van der Waals surface area contributed by atoms with Crippen molar-refractivity contribution >= 4 is 5.97 Å². The van der Waals surface area contributed by atoms with Gasteiger partial charge < -0.3 is 28.2 Å². The van der Waals surface area contributed by atoms with E-state index in [2.05, 4.69) is 71.2 Å². The number of carboxylic acids is 1. The number of aliphatic carboxylic acids is 1. The molecule has 0 unspecified atom stereocenters. The van der Waals surface area contributed by atoms with Crippen molar-refractivity contribution < 1.29 is 37.3 Å². The maximum absolute atomic E-state index is 13.4. The molecule has 2 heterocycles. The number of hydrogen-bond donors (Lipinski definition) is 1. The zero-order valence-electron chi connectivity index (χ0n) is 43.0. The number of ether oxygens (including phenoxy) is 3. The van der Waals surface area contributed by atoms with Gasteiger partial charge in [-0.15, -0.1) is 0 Å². The molecule has 75 heavy (non-hydrogen) atoms. The Bertz CT molecular complexity index is 3200. The van der Waals surface area contributed by atoms with Gasteiger partial charge in [-0.05, 0) is 122 Å². The number of hydrogen-bond acceptors (Lipinski definition) is 10. The van der Waals surface area contributed by atoms with Crippen molar-refractivity contribution in [3.63, 3.8) is 0 Å². The molecule has 0 saturated heterocycles. The SMILES string of the molecule is CCN(Cc1ccc(C)cc1)Cc1cccc(OCCc2nc(-c3ccccc3)oc2C)c1.Cc1oc(-c2ccccc2)nc1CCOc1cccc(CN(CC(=O)O)Cc2ccc(Oc3cccc(F)c3)cc2)c1. The van der Waals surface area contributed by atoms with Crippen LogP contribution in [-0.4, -0.2) is 57.1 Å². The molecule has 0 fully saturated rings. The molecule has 9 aromatic rings. The number of halogens is 1. The molecule has 2 aromatic heterocycles. The molecule has 0 amide bonds. The lowest BCUT2D eigenvalue weighted by atomic mass is 10.1. The summed E-state index contributed by atoms with van der Waals surface area (Å²) in [6, 6.07) is 57.9. The number of carbonyl (C=O) groups is 1. The molecule has 7 aromatic carbocycles. The molecule has 0 aliphatic heterocycles. The van der Waals surface area contributed by atoms with Crippen LogP contribution in [0.3, 0.4) is 0 Å². The standard InChI is InChI=1S/C34H31FN2O5.C29H32N2O2/c1-24-32(36-34(41-24)27-8-3-2-4-9-27)17-18-40-30-11-5-7-26(19-30)22-37(23-33(38)39)21-25-13-15-29(16-14-25)42-31-12-6-10-28(35)20-31;1-4-31(20-24-15-13-22(2)14-16-24)21-25-9-8-12-27(19-25)32-18-17-28-23(3)33-29(30-28)26-10-6-5-7-11-26/h2-16,19-20H,17-18,21-23H2,1H3,(H,38,39);5-16,19H,4,17-18,20-21H2,1-3H3. The Balaban J connectivity index is 0.000000205. The van der Waals surface area contributed by atoms with Crippen molar-refractivity contribution in [2.45, 2.75) is 66.7 Å². The summed E-state index contributed by atoms with van der Waals surface area (Å²) in [5.74, 6) is 4.16. The minimum atomic E-state index is -0.911. The first-order valence-corrected chi connectivity index (χ1v) is 25.2. The zero-order chi connectivity index (χ0) is 52.4. The van der Waals surface area contributed by atoms with Gasteiger partial charge >= 0.3 is 5.97 Å². The molecular formula is C63H63FN4O7. The van der Waals surface area contributed by atoms with Crippen LogP contribution in [0.1, 0.15) is 57.6 Å². The molecular weight excluding hydrogens is 944 g/mol. The minimum Gasteiger partial charge on any atom is -0.493 e. The molecule has 12 heteroatoms. The van der Waals surface area contributed by atoms with Gasteiger partial charge in [0.15, 0.2) is 0 Å². The van der Waals surface area contributed by atoms with Gasteiger partial charge in [0, 0.05) is 56.2 Å². The largest absolute Gasteiger partial charge is 0.493 e. The van der Waals surface area contributed by atoms with Crippen LogP contribution in [0.2, 0.25) is 0 Å². The third-order valence-corrected chi connectivity index (χ3v) is 12.3. The summed E-state index contributed by atoms with van der Waals surface area (Å²) in [4.78, 5) is 25.2. The van der Waals surface area contributed by atoms with Gasteiger partial charge in [-0.3, -0.25) is 14.6 Å². The van der Waals surface area contributed by atoms with Gasteiger partial charge in [0.2, 0.25) is 11.8 Å². The molecule has 11 nitrogen and oxygen atoms in total. The first kappa shape index (κ1) is 53.0. The summed E-state index contributed by atoms with van der Waals surface area (Å²) in [5.41, 5.74) is 9.47. The molecule has 0 radical (unpaired) electrons. The van der Waals surface area contributed by atoms with E-state index < -0.39 is 5.97 Å². The second kappa shape index (κ2) is 26.6. The van der Waals surface area contributed by atoms with Crippen LogP contribution < -0.4 is 14.2 Å². The van der Waals surface area contributed by atoms with Gasteiger partial charge in [0.25, 0.3) is 0 Å². The second-order valence-corrected chi connectivity index (χ2v) is 18.3. The fraction of sp³-hybridized carbons (Fsp3) is 0.222. The molecule has 0 aliphatic carbocycles. The normalized spacial score (nSPS) is 11.1. The Labute approximate surface area is 438 Å². The number of nitrogens with zero attached hydrogens (tertiary/aromatic N) is 4. The topological polar surface area (TPSA) is 124 Å². The maximum atomic E-state index is 13.4. The highest BCUT2D eigenvalue weighted by molar-refractivity contribution is 5.69. The molecule has 0 atom stereocenters. The van der Waals surface area contributed by atoms with Crippen LogP contribution in [0.5, 0.6) is 23.0 Å². The number of benzene rings is 7. The van der Waals surface area contributed by atoms with Crippen LogP contribution >= 0.6 is 0 Å². The van der Waals surface area contributed by atoms with E-state index in [9.17, 15) is 14.3 Å². The first-order chi connectivity index (χ1) is 36.5. The summed E-state index contributed by atoms with van der Waals surface area (Å²) in [5, 5.41) is 9.52. The van der Waals surface area contributed by atoms with Crippen molar-refractivity contribution in [2.75, 3.05) is 26.3 Å². The van der Waals surface area contributed by atoms with E-state index in [1.165, 1.54) is 28.8 Å². The van der Waals surface area contributed by atoms with Gasteiger partial charge in [-0.1, -0.05) is 116 Å². The van der Waals surface area contributed by atoms with Crippen molar-refractivity contribution in [1.29, 1.82) is 0 Å². The van der Waals surface area contributed by atoms with E-state index in [0.717, 1.165) is 70.5 Å². The Kier molecular flexibility index (Phi) is 18.8. The van der Waals surface area contributed by atoms with Gasteiger partial charge in [0.1, 0.15) is 40.3 Å². The Morgan fingerprint density at radius 1 is 0.520 bits per heavy atom. The Morgan fingerprint density at radius 3 is 1.49 bits per heavy atom. The highest BCUT2D eigenvalue weighted by Crippen LogP contribution is 2.26. The van der Waals surface area contributed by atoms with Gasteiger partial charge in [0.05, 0.1) is 31.1 Å². The van der Waals surface area contributed by atoms with Crippen molar-refractivity contribution in [2.24, 2.45) is 0 Å². The van der Waals surface area contributed by atoms with Crippen molar-refractivity contribution in [3.05, 3.63) is 239 Å². The molecule has 0 saturated carbocycles. The third kappa shape index (κ3) is 16.3. The lowest BCUT2D eigenvalue weighted by Gasteiger charge is -2.21. The summed E-state index contributed by atoms with van der Waals surface area (Å²) < 4.78 is 42.9. The molecule has 0 bridgehead atoms. The fourth-order valence-electron chi connectivity index (χ4n) is 8.42. The third-order valence-electron chi connectivity index (χ3n) is 12.3. The summed E-state index contributed by atoms with van der Waals surface area (Å²) >= 11 is 0. The number of aryl methyl sites for hydroxylation is 3. The van der Waals surface area contributed by atoms with E-state index in [0.29, 0.717) is 68.2 Å². The van der Waals surface area contributed by atoms with E-state index >= 15 is 0 Å². The molecule has 0 aliphatic rings. The predicted molar refractivity (Wildman–Crippen MR) is 290 cm³/mol. The number of rotatable bonds is 23. The predicted octanol–water partition coefficient (Wildman–Crippen LogP) is 13.9. The van der Waals surface area contributed by atoms with Crippen LogP contribution in [-0.2, 0) is 43.8 Å². The van der Waals surface area contributed by atoms with Crippen LogP contribution in [0, 0.1) is 26.6 Å². The van der Waals surface area contributed by atoms with Crippen LogP contribution in [0.25, 0.3) is 22.9 Å². The number of carboxylic acid groups (broad SMARTS) is 1. The average molecular weight is 1010 g/mol. The summed E-state index contributed by atoms with van der Waals surface area (Å²) in [6.07, 6.45) is 1.30. The van der Waals surface area contributed by atoms with Crippen LogP contribution in [0.15, 0.2) is 191 Å². The fourth-order valence-corrected chi connectivity index (χ4v) is 8.42. The van der Waals surface area contributed by atoms with E-state index in [-0.39, 0.29) is 12.4 Å². The highest BCUT2D eigenvalue weighted by Gasteiger charge is 2.16. The quantitative estimate of drug-likeness (QED) is 0.0659. The molecule has 1 N–H and O–H groups in total. The number of aromatic nitrogens is 2. The van der Waals surface area contributed by atoms with Crippen molar-refractivity contribution in [3.8, 4) is 45.9 Å². The van der Waals surface area contributed by atoms with E-state index in [1.807, 2.05) is 122 Å². The highest BCUT2D eigenvalue weighted by atomic mass is 19.1. The average Bonchev–Trinajstić information content (AvgIpc) is 3.99.